The molecular formula is C34H40FN5O2Si. The van der Waals surface area contributed by atoms with Crippen molar-refractivity contribution in [2.75, 3.05) is 12.4 Å². The van der Waals surface area contributed by atoms with Gasteiger partial charge in [-0.3, -0.25) is 4.98 Å². The first-order chi connectivity index (χ1) is 20.4. The maximum atomic E-state index is 14.4. The third kappa shape index (κ3) is 6.88. The van der Waals surface area contributed by atoms with Gasteiger partial charge in [0.15, 0.2) is 5.65 Å². The van der Waals surface area contributed by atoms with E-state index in [1.165, 1.54) is 17.7 Å². The van der Waals surface area contributed by atoms with Gasteiger partial charge < -0.3 is 14.8 Å². The molecule has 0 amide bonds. The number of imidazole rings is 1. The third-order valence-corrected chi connectivity index (χ3v) is 13.8. The molecule has 5 aromatic rings. The van der Waals surface area contributed by atoms with Crippen molar-refractivity contribution in [2.45, 2.75) is 64.5 Å². The Balaban J connectivity index is 1.37. The second-order valence-electron chi connectivity index (χ2n) is 12.7. The van der Waals surface area contributed by atoms with Gasteiger partial charge in [-0.15, -0.1) is 5.10 Å². The van der Waals surface area contributed by atoms with E-state index in [0.29, 0.717) is 28.8 Å². The van der Waals surface area contributed by atoms with E-state index < -0.39 is 8.07 Å². The fourth-order valence-corrected chi connectivity index (χ4v) is 6.57. The van der Waals surface area contributed by atoms with Crippen LogP contribution in [-0.4, -0.2) is 34.8 Å². The average molecular weight is 598 g/mol. The van der Waals surface area contributed by atoms with Crippen LogP contribution in [0.1, 0.15) is 50.4 Å². The van der Waals surface area contributed by atoms with Gasteiger partial charge in [0.1, 0.15) is 35.4 Å². The van der Waals surface area contributed by atoms with Gasteiger partial charge in [-0.1, -0.05) is 46.0 Å². The maximum Gasteiger partial charge on any atom is 0.154 e. The van der Waals surface area contributed by atoms with E-state index in [4.69, 9.17) is 14.6 Å². The summed E-state index contributed by atoms with van der Waals surface area (Å²) in [5, 5.41) is 8.56. The van der Waals surface area contributed by atoms with Crippen LogP contribution in [-0.2, 0) is 12.7 Å². The van der Waals surface area contributed by atoms with Crippen LogP contribution in [0.3, 0.4) is 0 Å². The largest absolute Gasteiger partial charge is 0.497 e. The van der Waals surface area contributed by atoms with Crippen molar-refractivity contribution in [3.05, 3.63) is 102 Å². The summed E-state index contributed by atoms with van der Waals surface area (Å²) in [5.74, 6) is 1.68. The SMILES string of the molecule is COc1ccc(COc2ccc(F)cc2C(C)Nc2ccc3ncc(-c4cc(C[Si](C)(C)C(C)(C)C)ccn4)n3n2)cc1. The fraction of sp³-hybridized carbons (Fsp3) is 0.324. The van der Waals surface area contributed by atoms with Crippen LogP contribution in [0.25, 0.3) is 17.0 Å². The number of hydrogen-bond donors (Lipinski definition) is 1. The lowest BCUT2D eigenvalue weighted by Crippen LogP contribution is -2.39. The molecule has 0 spiro atoms. The Morgan fingerprint density at radius 2 is 1.72 bits per heavy atom. The molecule has 0 aliphatic carbocycles. The molecule has 7 nitrogen and oxygen atoms in total. The smallest absolute Gasteiger partial charge is 0.154 e. The predicted octanol–water partition coefficient (Wildman–Crippen LogP) is 8.28. The van der Waals surface area contributed by atoms with Crippen molar-refractivity contribution in [2.24, 2.45) is 0 Å². The summed E-state index contributed by atoms with van der Waals surface area (Å²) in [7, 11) is 0.112. The molecule has 224 valence electrons. The van der Waals surface area contributed by atoms with Crippen molar-refractivity contribution in [1.29, 1.82) is 0 Å². The summed E-state index contributed by atoms with van der Waals surface area (Å²) >= 11 is 0. The van der Waals surface area contributed by atoms with E-state index in [1.807, 2.05) is 55.7 Å². The molecule has 9 heteroatoms. The molecule has 1 atom stereocenters. The Morgan fingerprint density at radius 1 is 0.953 bits per heavy atom. The van der Waals surface area contributed by atoms with E-state index >= 15 is 0 Å². The monoisotopic (exact) mass is 597 g/mol. The number of methoxy groups -OCH3 is 1. The first-order valence-electron chi connectivity index (χ1n) is 14.6. The molecule has 0 saturated carbocycles. The predicted molar refractivity (Wildman–Crippen MR) is 173 cm³/mol. The Hall–Kier alpha value is -4.24. The van der Waals surface area contributed by atoms with Crippen LogP contribution < -0.4 is 14.8 Å². The van der Waals surface area contributed by atoms with Gasteiger partial charge >= 0.3 is 0 Å². The molecule has 0 fully saturated rings. The highest BCUT2D eigenvalue weighted by Crippen LogP contribution is 2.38. The lowest BCUT2D eigenvalue weighted by Gasteiger charge is -2.37. The summed E-state index contributed by atoms with van der Waals surface area (Å²) in [6, 6.07) is 21.1. The number of rotatable bonds is 10. The minimum Gasteiger partial charge on any atom is -0.497 e. The van der Waals surface area contributed by atoms with Gasteiger partial charge in [0.2, 0.25) is 0 Å². The van der Waals surface area contributed by atoms with Gasteiger partial charge in [0, 0.05) is 11.8 Å². The minimum absolute atomic E-state index is 0.287. The highest BCUT2D eigenvalue weighted by atomic mass is 28.3. The lowest BCUT2D eigenvalue weighted by molar-refractivity contribution is 0.301. The number of halogens is 1. The molecule has 3 aromatic heterocycles. The third-order valence-electron chi connectivity index (χ3n) is 8.48. The van der Waals surface area contributed by atoms with Crippen molar-refractivity contribution >= 4 is 19.5 Å². The maximum absolute atomic E-state index is 14.4. The van der Waals surface area contributed by atoms with Crippen LogP contribution in [0, 0.1) is 5.82 Å². The van der Waals surface area contributed by atoms with E-state index in [2.05, 4.69) is 61.3 Å². The first-order valence-corrected chi connectivity index (χ1v) is 17.8. The molecule has 1 unspecified atom stereocenters. The quantitative estimate of drug-likeness (QED) is 0.163. The Kier molecular flexibility index (Phi) is 8.55. The summed E-state index contributed by atoms with van der Waals surface area (Å²) in [5.41, 5.74) is 5.33. The molecular weight excluding hydrogens is 557 g/mol. The summed E-state index contributed by atoms with van der Waals surface area (Å²) < 4.78 is 27.5. The van der Waals surface area contributed by atoms with E-state index in [0.717, 1.165) is 34.4 Å². The van der Waals surface area contributed by atoms with Gasteiger partial charge in [0.25, 0.3) is 0 Å². The zero-order chi connectivity index (χ0) is 30.8. The van der Waals surface area contributed by atoms with Crippen LogP contribution >= 0.6 is 0 Å². The number of pyridine rings is 1. The standard InChI is InChI=1S/C34H40FN5O2Si/c1-23(28-19-26(35)10-13-31(28)42-21-24-8-11-27(41-5)12-9-24)38-32-14-15-33-37-20-30(40(33)39-32)29-18-25(16-17-36-29)22-43(6,7)34(2,3)4/h8-20,23H,21-22H2,1-7H3,(H,38,39). The average Bonchev–Trinajstić information content (AvgIpc) is 3.39. The van der Waals surface area contributed by atoms with Gasteiger partial charge in [-0.05, 0) is 83.7 Å². The molecule has 1 N–H and O–H groups in total. The molecule has 0 aliphatic rings. The summed E-state index contributed by atoms with van der Waals surface area (Å²) in [6.45, 7) is 14.2. The number of hydrogen-bond acceptors (Lipinski definition) is 6. The molecule has 2 aromatic carbocycles. The number of aromatic nitrogens is 4. The zero-order valence-corrected chi connectivity index (χ0v) is 27.0. The van der Waals surface area contributed by atoms with E-state index in [1.54, 1.807) is 17.7 Å². The van der Waals surface area contributed by atoms with Crippen molar-refractivity contribution in [3.8, 4) is 22.9 Å². The summed E-state index contributed by atoms with van der Waals surface area (Å²) in [4.78, 5) is 9.24. The lowest BCUT2D eigenvalue weighted by atomic mass is 10.1. The van der Waals surface area contributed by atoms with Crippen molar-refractivity contribution in [3.63, 3.8) is 0 Å². The number of benzene rings is 2. The number of fused-ring (bicyclic) bond motifs is 1. The van der Waals surface area contributed by atoms with Gasteiger partial charge in [-0.25, -0.2) is 13.9 Å². The molecule has 0 aliphatic heterocycles. The number of anilines is 1. The summed E-state index contributed by atoms with van der Waals surface area (Å²) in [6.07, 6.45) is 3.68. The Labute approximate surface area is 254 Å². The molecule has 0 saturated heterocycles. The van der Waals surface area contributed by atoms with Crippen LogP contribution in [0.5, 0.6) is 11.5 Å². The molecule has 43 heavy (non-hydrogen) atoms. The fourth-order valence-electron chi connectivity index (χ4n) is 4.80. The van der Waals surface area contributed by atoms with Crippen molar-refractivity contribution in [1.82, 2.24) is 19.6 Å². The van der Waals surface area contributed by atoms with Crippen LogP contribution in [0.15, 0.2) is 79.1 Å². The highest BCUT2D eigenvalue weighted by molar-refractivity contribution is 6.79. The number of nitrogens with zero attached hydrogens (tertiary/aromatic N) is 4. The first kappa shape index (κ1) is 30.2. The molecule has 3 heterocycles. The molecule has 0 radical (unpaired) electrons. The Bertz CT molecular complexity index is 1710. The molecule has 0 bridgehead atoms. The van der Waals surface area contributed by atoms with Gasteiger partial charge in [-0.2, -0.15) is 0 Å². The van der Waals surface area contributed by atoms with E-state index in [-0.39, 0.29) is 11.9 Å². The van der Waals surface area contributed by atoms with Crippen LogP contribution in [0.2, 0.25) is 18.1 Å². The number of ether oxygens (including phenoxy) is 2. The normalized spacial score (nSPS) is 12.7. The van der Waals surface area contributed by atoms with Crippen LogP contribution in [0.4, 0.5) is 10.2 Å². The highest BCUT2D eigenvalue weighted by Gasteiger charge is 2.35. The second-order valence-corrected chi connectivity index (χ2v) is 18.3. The minimum atomic E-state index is -1.52. The Morgan fingerprint density at radius 3 is 2.44 bits per heavy atom. The number of nitrogens with one attached hydrogen (secondary N) is 1. The van der Waals surface area contributed by atoms with E-state index in [9.17, 15) is 4.39 Å². The van der Waals surface area contributed by atoms with Crippen molar-refractivity contribution < 1.29 is 13.9 Å². The second kappa shape index (κ2) is 12.2. The zero-order valence-electron chi connectivity index (χ0n) is 26.0. The van der Waals surface area contributed by atoms with Gasteiger partial charge in [0.05, 0.1) is 33.1 Å². The molecule has 5 rings (SSSR count). The topological polar surface area (TPSA) is 73.6 Å².